The lowest BCUT2D eigenvalue weighted by Gasteiger charge is -2.32. The number of pyridine rings is 2. The highest BCUT2D eigenvalue weighted by Crippen LogP contribution is 2.23. The van der Waals surface area contributed by atoms with Gasteiger partial charge in [-0.1, -0.05) is 6.07 Å². The van der Waals surface area contributed by atoms with E-state index in [4.69, 9.17) is 10.00 Å². The molecule has 0 N–H and O–H groups in total. The maximum atomic E-state index is 12.3. The monoisotopic (exact) mass is 361 g/mol. The molecule has 1 saturated heterocycles. The molecule has 3 aromatic heterocycles. The number of fused-ring (bicyclic) bond motifs is 1. The van der Waals surface area contributed by atoms with Gasteiger partial charge in [-0.25, -0.2) is 9.97 Å². The van der Waals surface area contributed by atoms with E-state index in [1.165, 1.54) is 0 Å². The summed E-state index contributed by atoms with van der Waals surface area (Å²) in [6, 6.07) is 12.7. The van der Waals surface area contributed by atoms with Crippen LogP contribution in [0.15, 0.2) is 53.6 Å². The second-order valence-electron chi connectivity index (χ2n) is 6.59. The van der Waals surface area contributed by atoms with Gasteiger partial charge in [0.2, 0.25) is 5.88 Å². The maximum Gasteiger partial charge on any atom is 0.259 e. The maximum absolute atomic E-state index is 12.3. The van der Waals surface area contributed by atoms with Crippen LogP contribution in [0.2, 0.25) is 0 Å². The van der Waals surface area contributed by atoms with E-state index in [0.717, 1.165) is 31.7 Å². The number of aromatic nitrogens is 3. The van der Waals surface area contributed by atoms with Gasteiger partial charge in [0.05, 0.1) is 6.61 Å². The zero-order valence-electron chi connectivity index (χ0n) is 14.8. The summed E-state index contributed by atoms with van der Waals surface area (Å²) in [5, 5.41) is 9.10. The minimum absolute atomic E-state index is 0.0692. The molecule has 0 unspecified atom stereocenters. The predicted octanol–water partition coefficient (Wildman–Crippen LogP) is 2.26. The van der Waals surface area contributed by atoms with Crippen molar-refractivity contribution >= 4 is 11.5 Å². The summed E-state index contributed by atoms with van der Waals surface area (Å²) >= 11 is 0. The van der Waals surface area contributed by atoms with Crippen LogP contribution in [0.3, 0.4) is 0 Å². The van der Waals surface area contributed by atoms with E-state index in [2.05, 4.69) is 20.9 Å². The summed E-state index contributed by atoms with van der Waals surface area (Å²) in [6.45, 7) is 2.17. The molecule has 0 amide bonds. The summed E-state index contributed by atoms with van der Waals surface area (Å²) in [6.07, 6.45) is 5.23. The molecule has 1 fully saturated rings. The van der Waals surface area contributed by atoms with E-state index in [-0.39, 0.29) is 5.56 Å². The molecule has 0 aromatic carbocycles. The number of piperidine rings is 1. The molecule has 136 valence electrons. The number of ether oxygens (including phenoxy) is 1. The standard InChI is InChI=1S/C20H19N5O2/c21-13-16-4-3-8-22-20(16)27-14-15-6-10-24(11-7-15)18-12-19(26)25-9-2-1-5-17(25)23-18/h1-5,8-9,12,15H,6-7,10-11,14H2. The topological polar surface area (TPSA) is 83.5 Å². The molecular formula is C20H19N5O2. The molecule has 1 aliphatic heterocycles. The highest BCUT2D eigenvalue weighted by molar-refractivity contribution is 5.48. The zero-order valence-corrected chi connectivity index (χ0v) is 14.8. The summed E-state index contributed by atoms with van der Waals surface area (Å²) in [4.78, 5) is 23.2. The van der Waals surface area contributed by atoms with Crippen molar-refractivity contribution in [2.75, 3.05) is 24.6 Å². The highest BCUT2D eigenvalue weighted by Gasteiger charge is 2.22. The minimum Gasteiger partial charge on any atom is -0.476 e. The van der Waals surface area contributed by atoms with Gasteiger partial charge in [0.25, 0.3) is 5.56 Å². The van der Waals surface area contributed by atoms with Gasteiger partial charge in [0.15, 0.2) is 0 Å². The first-order valence-corrected chi connectivity index (χ1v) is 8.96. The van der Waals surface area contributed by atoms with Gasteiger partial charge in [-0.15, -0.1) is 0 Å². The Morgan fingerprint density at radius 2 is 2.07 bits per heavy atom. The van der Waals surface area contributed by atoms with E-state index in [1.54, 1.807) is 35.0 Å². The van der Waals surface area contributed by atoms with Gasteiger partial charge in [0, 0.05) is 31.5 Å². The number of anilines is 1. The van der Waals surface area contributed by atoms with Crippen LogP contribution in [-0.4, -0.2) is 34.1 Å². The van der Waals surface area contributed by atoms with E-state index >= 15 is 0 Å². The number of nitrogens with zero attached hydrogens (tertiary/aromatic N) is 5. The second-order valence-corrected chi connectivity index (χ2v) is 6.59. The molecule has 0 spiro atoms. The first-order chi connectivity index (χ1) is 13.2. The number of nitriles is 1. The van der Waals surface area contributed by atoms with Crippen molar-refractivity contribution in [2.24, 2.45) is 5.92 Å². The second kappa shape index (κ2) is 7.46. The predicted molar refractivity (Wildman–Crippen MR) is 101 cm³/mol. The smallest absolute Gasteiger partial charge is 0.259 e. The Labute approximate surface area is 156 Å². The van der Waals surface area contributed by atoms with Crippen molar-refractivity contribution in [3.8, 4) is 11.9 Å². The molecule has 0 bridgehead atoms. The molecule has 1 aliphatic rings. The molecule has 27 heavy (non-hydrogen) atoms. The number of rotatable bonds is 4. The largest absolute Gasteiger partial charge is 0.476 e. The van der Waals surface area contributed by atoms with E-state index in [1.807, 2.05) is 18.2 Å². The van der Waals surface area contributed by atoms with Crippen molar-refractivity contribution in [1.29, 1.82) is 5.26 Å². The molecule has 3 aromatic rings. The highest BCUT2D eigenvalue weighted by atomic mass is 16.5. The van der Waals surface area contributed by atoms with Gasteiger partial charge in [-0.3, -0.25) is 9.20 Å². The summed E-state index contributed by atoms with van der Waals surface area (Å²) in [7, 11) is 0. The zero-order chi connectivity index (χ0) is 18.6. The molecule has 0 atom stereocenters. The van der Waals surface area contributed by atoms with Gasteiger partial charge >= 0.3 is 0 Å². The molecule has 4 rings (SSSR count). The summed E-state index contributed by atoms with van der Waals surface area (Å²) < 4.78 is 7.31. The minimum atomic E-state index is -0.0692. The fourth-order valence-electron chi connectivity index (χ4n) is 3.32. The van der Waals surface area contributed by atoms with Gasteiger partial charge in [-0.2, -0.15) is 5.26 Å². The Hall–Kier alpha value is -3.40. The van der Waals surface area contributed by atoms with E-state index in [9.17, 15) is 4.79 Å². The molecule has 0 saturated carbocycles. The van der Waals surface area contributed by atoms with Crippen molar-refractivity contribution in [1.82, 2.24) is 14.4 Å². The Morgan fingerprint density at radius 3 is 2.89 bits per heavy atom. The van der Waals surface area contributed by atoms with Gasteiger partial charge in [0.1, 0.15) is 23.1 Å². The van der Waals surface area contributed by atoms with Crippen molar-refractivity contribution in [3.63, 3.8) is 0 Å². The van der Waals surface area contributed by atoms with Gasteiger partial charge in [-0.05, 0) is 43.0 Å². The van der Waals surface area contributed by atoms with Crippen molar-refractivity contribution in [2.45, 2.75) is 12.8 Å². The third-order valence-electron chi connectivity index (χ3n) is 4.84. The van der Waals surface area contributed by atoms with E-state index in [0.29, 0.717) is 29.6 Å². The summed E-state index contributed by atoms with van der Waals surface area (Å²) in [5.41, 5.74) is 1.04. The fraction of sp³-hybridized carbons (Fsp3) is 0.300. The lowest BCUT2D eigenvalue weighted by atomic mass is 9.98. The average molecular weight is 361 g/mol. The first-order valence-electron chi connectivity index (χ1n) is 8.96. The van der Waals surface area contributed by atoms with Crippen LogP contribution in [0, 0.1) is 17.2 Å². The van der Waals surface area contributed by atoms with Crippen LogP contribution in [0.1, 0.15) is 18.4 Å². The molecule has 4 heterocycles. The third kappa shape index (κ3) is 3.60. The normalized spacial score (nSPS) is 14.9. The van der Waals surface area contributed by atoms with Crippen LogP contribution >= 0.6 is 0 Å². The number of hydrogen-bond donors (Lipinski definition) is 0. The Bertz CT molecular complexity index is 1050. The average Bonchev–Trinajstić information content (AvgIpc) is 2.73. The Balaban J connectivity index is 1.39. The van der Waals surface area contributed by atoms with Crippen LogP contribution < -0.4 is 15.2 Å². The van der Waals surface area contributed by atoms with Crippen molar-refractivity contribution < 1.29 is 4.74 Å². The Kier molecular flexibility index (Phi) is 4.71. The van der Waals surface area contributed by atoms with Crippen LogP contribution in [0.5, 0.6) is 5.88 Å². The molecule has 0 aliphatic carbocycles. The molecule has 0 radical (unpaired) electrons. The van der Waals surface area contributed by atoms with Crippen LogP contribution in [0.25, 0.3) is 5.65 Å². The quantitative estimate of drug-likeness (QED) is 0.709. The lowest BCUT2D eigenvalue weighted by molar-refractivity contribution is 0.215. The van der Waals surface area contributed by atoms with Crippen LogP contribution in [-0.2, 0) is 0 Å². The van der Waals surface area contributed by atoms with E-state index < -0.39 is 0 Å². The fourth-order valence-corrected chi connectivity index (χ4v) is 3.32. The lowest BCUT2D eigenvalue weighted by Crippen LogP contribution is -2.37. The Morgan fingerprint density at radius 1 is 1.22 bits per heavy atom. The summed E-state index contributed by atoms with van der Waals surface area (Å²) in [5.74, 6) is 1.50. The molecule has 7 heteroatoms. The van der Waals surface area contributed by atoms with Crippen molar-refractivity contribution in [3.05, 3.63) is 64.7 Å². The number of hydrogen-bond acceptors (Lipinski definition) is 6. The van der Waals surface area contributed by atoms with Gasteiger partial charge < -0.3 is 9.64 Å². The first kappa shape index (κ1) is 17.0. The SMILES string of the molecule is N#Cc1cccnc1OCC1CCN(c2cc(=O)n3ccccc3n2)CC1. The molecular weight excluding hydrogens is 342 g/mol. The third-order valence-corrected chi connectivity index (χ3v) is 4.84. The molecule has 7 nitrogen and oxygen atoms in total. The van der Waals surface area contributed by atoms with Crippen LogP contribution in [0.4, 0.5) is 5.82 Å².